The van der Waals surface area contributed by atoms with Crippen molar-refractivity contribution in [2.45, 2.75) is 32.5 Å². The van der Waals surface area contributed by atoms with Crippen LogP contribution in [0.25, 0.3) is 0 Å². The van der Waals surface area contributed by atoms with Gasteiger partial charge in [-0.3, -0.25) is 9.69 Å². The molecule has 1 N–H and O–H groups in total. The molecule has 2 aliphatic rings. The van der Waals surface area contributed by atoms with E-state index < -0.39 is 0 Å². The molecule has 0 saturated carbocycles. The summed E-state index contributed by atoms with van der Waals surface area (Å²) in [5.74, 6) is 0.188. The number of hydrogen-bond acceptors (Lipinski definition) is 4. The Morgan fingerprint density at radius 2 is 2.00 bits per heavy atom. The summed E-state index contributed by atoms with van der Waals surface area (Å²) in [5, 5.41) is 3.29. The molecule has 0 bridgehead atoms. The third kappa shape index (κ3) is 3.91. The number of nitrogens with zero attached hydrogens (tertiary/aromatic N) is 2. The maximum atomic E-state index is 12.6. The van der Waals surface area contributed by atoms with Crippen LogP contribution in [0, 0.1) is 6.92 Å². The third-order valence-electron chi connectivity index (χ3n) is 4.92. The largest absolute Gasteiger partial charge is 0.375 e. The van der Waals surface area contributed by atoms with Gasteiger partial charge in [0.2, 0.25) is 5.91 Å². The predicted octanol–water partition coefficient (Wildman–Crippen LogP) is 1.02. The molecule has 0 aromatic heterocycles. The molecule has 0 aliphatic carbocycles. The molecule has 0 spiro atoms. The van der Waals surface area contributed by atoms with Crippen molar-refractivity contribution in [3.63, 3.8) is 0 Å². The second-order valence-electron chi connectivity index (χ2n) is 6.54. The predicted molar refractivity (Wildman–Crippen MR) is 90.2 cm³/mol. The highest BCUT2D eigenvalue weighted by atomic mass is 16.5. The Labute approximate surface area is 138 Å². The van der Waals surface area contributed by atoms with E-state index in [4.69, 9.17) is 4.74 Å². The topological polar surface area (TPSA) is 44.8 Å². The van der Waals surface area contributed by atoms with E-state index >= 15 is 0 Å². The van der Waals surface area contributed by atoms with Crippen molar-refractivity contribution in [1.29, 1.82) is 0 Å². The molecule has 1 aromatic rings. The fourth-order valence-electron chi connectivity index (χ4n) is 3.36. The summed E-state index contributed by atoms with van der Waals surface area (Å²) in [6.45, 7) is 10.0. The molecule has 5 nitrogen and oxygen atoms in total. The van der Waals surface area contributed by atoms with E-state index in [9.17, 15) is 4.79 Å². The first-order valence-corrected chi connectivity index (χ1v) is 8.56. The lowest BCUT2D eigenvalue weighted by Gasteiger charge is -2.39. The zero-order valence-corrected chi connectivity index (χ0v) is 14.1. The molecule has 2 atom stereocenters. The summed E-state index contributed by atoms with van der Waals surface area (Å²) in [5.41, 5.74) is 2.71. The monoisotopic (exact) mass is 317 g/mol. The van der Waals surface area contributed by atoms with Crippen LogP contribution in [0.4, 0.5) is 0 Å². The maximum Gasteiger partial charge on any atom is 0.242 e. The minimum Gasteiger partial charge on any atom is -0.375 e. The molecule has 0 unspecified atom stereocenters. The average molecular weight is 317 g/mol. The highest BCUT2D eigenvalue weighted by Crippen LogP contribution is 2.14. The Balaban J connectivity index is 1.52. The number of benzene rings is 1. The molecule has 2 aliphatic heterocycles. The zero-order valence-electron chi connectivity index (χ0n) is 14.1. The number of carbonyl (C=O) groups is 1. The van der Waals surface area contributed by atoms with Gasteiger partial charge in [0.15, 0.2) is 0 Å². The fraction of sp³-hybridized carbons (Fsp3) is 0.611. The molecule has 3 rings (SSSR count). The SMILES string of the molecule is Cc1ccccc1CN1CCN(C(=O)[C@H]2NCCO[C@@H]2C)CC1. The molecule has 23 heavy (non-hydrogen) atoms. The van der Waals surface area contributed by atoms with E-state index in [-0.39, 0.29) is 18.1 Å². The van der Waals surface area contributed by atoms with Gasteiger partial charge in [0.05, 0.1) is 12.7 Å². The lowest BCUT2D eigenvalue weighted by molar-refractivity contribution is -0.141. The molecule has 2 heterocycles. The minimum atomic E-state index is -0.188. The normalized spacial score (nSPS) is 26.3. The smallest absolute Gasteiger partial charge is 0.242 e. The molecular weight excluding hydrogens is 290 g/mol. The van der Waals surface area contributed by atoms with Crippen LogP contribution in [0.3, 0.4) is 0 Å². The summed E-state index contributed by atoms with van der Waals surface area (Å²) in [7, 11) is 0. The number of nitrogens with one attached hydrogen (secondary N) is 1. The van der Waals surface area contributed by atoms with Crippen LogP contribution in [0.2, 0.25) is 0 Å². The van der Waals surface area contributed by atoms with Crippen LogP contribution in [0.15, 0.2) is 24.3 Å². The molecule has 0 radical (unpaired) electrons. The Morgan fingerprint density at radius 3 is 2.70 bits per heavy atom. The summed E-state index contributed by atoms with van der Waals surface area (Å²) in [6.07, 6.45) is -0.0405. The van der Waals surface area contributed by atoms with Crippen LogP contribution >= 0.6 is 0 Å². The maximum absolute atomic E-state index is 12.6. The Morgan fingerprint density at radius 1 is 1.26 bits per heavy atom. The van der Waals surface area contributed by atoms with Crippen molar-refractivity contribution in [2.75, 3.05) is 39.3 Å². The molecule has 2 saturated heterocycles. The van der Waals surface area contributed by atoms with Gasteiger partial charge in [-0.1, -0.05) is 24.3 Å². The molecular formula is C18H27N3O2. The third-order valence-corrected chi connectivity index (χ3v) is 4.92. The second-order valence-corrected chi connectivity index (χ2v) is 6.54. The first-order chi connectivity index (χ1) is 11.1. The second kappa shape index (κ2) is 7.43. The standard InChI is InChI=1S/C18H27N3O2/c1-14-5-3-4-6-16(14)13-20-8-10-21(11-9-20)18(22)17-15(2)23-12-7-19-17/h3-6,15,17,19H,7-13H2,1-2H3/t15-,17+/m1/s1. The van der Waals surface area contributed by atoms with E-state index in [1.165, 1.54) is 11.1 Å². The van der Waals surface area contributed by atoms with E-state index in [2.05, 4.69) is 41.4 Å². The molecule has 5 heteroatoms. The van der Waals surface area contributed by atoms with Crippen LogP contribution in [0.5, 0.6) is 0 Å². The number of rotatable bonds is 3. The number of piperazine rings is 1. The fourth-order valence-corrected chi connectivity index (χ4v) is 3.36. The highest BCUT2D eigenvalue weighted by molar-refractivity contribution is 5.82. The summed E-state index contributed by atoms with van der Waals surface area (Å²) < 4.78 is 5.60. The van der Waals surface area contributed by atoms with Gasteiger partial charge in [-0.25, -0.2) is 0 Å². The van der Waals surface area contributed by atoms with Crippen molar-refractivity contribution >= 4 is 5.91 Å². The Hall–Kier alpha value is -1.43. The van der Waals surface area contributed by atoms with Crippen molar-refractivity contribution in [2.24, 2.45) is 0 Å². The number of ether oxygens (including phenoxy) is 1. The summed E-state index contributed by atoms with van der Waals surface area (Å²) in [4.78, 5) is 17.1. The lowest BCUT2D eigenvalue weighted by Crippen LogP contribution is -2.59. The Bertz CT molecular complexity index is 541. The van der Waals surface area contributed by atoms with Crippen LogP contribution < -0.4 is 5.32 Å². The van der Waals surface area contributed by atoms with Gasteiger partial charge < -0.3 is 15.0 Å². The number of aryl methyl sites for hydroxylation is 1. The zero-order chi connectivity index (χ0) is 16.2. The van der Waals surface area contributed by atoms with Gasteiger partial charge in [-0.05, 0) is 25.0 Å². The number of morpholine rings is 1. The van der Waals surface area contributed by atoms with E-state index in [0.29, 0.717) is 6.61 Å². The highest BCUT2D eigenvalue weighted by Gasteiger charge is 2.33. The van der Waals surface area contributed by atoms with Crippen molar-refractivity contribution in [3.05, 3.63) is 35.4 Å². The Kier molecular flexibility index (Phi) is 5.30. The van der Waals surface area contributed by atoms with Crippen LogP contribution in [-0.2, 0) is 16.1 Å². The van der Waals surface area contributed by atoms with Gasteiger partial charge in [-0.2, -0.15) is 0 Å². The van der Waals surface area contributed by atoms with Gasteiger partial charge in [0.1, 0.15) is 6.04 Å². The first kappa shape index (κ1) is 16.4. The average Bonchev–Trinajstić information content (AvgIpc) is 2.57. The van der Waals surface area contributed by atoms with Gasteiger partial charge in [0.25, 0.3) is 0 Å². The van der Waals surface area contributed by atoms with Gasteiger partial charge in [-0.15, -0.1) is 0 Å². The van der Waals surface area contributed by atoms with Crippen molar-refractivity contribution < 1.29 is 9.53 Å². The molecule has 2 fully saturated rings. The van der Waals surface area contributed by atoms with Crippen LogP contribution in [-0.4, -0.2) is 67.2 Å². The number of amides is 1. The number of hydrogen-bond donors (Lipinski definition) is 1. The van der Waals surface area contributed by atoms with Gasteiger partial charge >= 0.3 is 0 Å². The van der Waals surface area contributed by atoms with E-state index in [0.717, 1.165) is 39.3 Å². The van der Waals surface area contributed by atoms with E-state index in [1.807, 2.05) is 11.8 Å². The summed E-state index contributed by atoms with van der Waals surface area (Å²) >= 11 is 0. The van der Waals surface area contributed by atoms with Crippen molar-refractivity contribution in [3.8, 4) is 0 Å². The molecule has 1 amide bonds. The van der Waals surface area contributed by atoms with Crippen LogP contribution in [0.1, 0.15) is 18.1 Å². The lowest BCUT2D eigenvalue weighted by atomic mass is 10.1. The quantitative estimate of drug-likeness (QED) is 0.904. The van der Waals surface area contributed by atoms with Crippen molar-refractivity contribution in [1.82, 2.24) is 15.1 Å². The minimum absolute atomic E-state index is 0.0405. The first-order valence-electron chi connectivity index (χ1n) is 8.56. The summed E-state index contributed by atoms with van der Waals surface area (Å²) in [6, 6.07) is 8.34. The molecule has 126 valence electrons. The molecule has 1 aromatic carbocycles. The van der Waals surface area contributed by atoms with E-state index in [1.54, 1.807) is 0 Å². The van der Waals surface area contributed by atoms with Gasteiger partial charge in [0, 0.05) is 39.3 Å². The number of carbonyl (C=O) groups excluding carboxylic acids is 1.